The van der Waals surface area contributed by atoms with E-state index in [0.717, 1.165) is 38.0 Å². The highest BCUT2D eigenvalue weighted by molar-refractivity contribution is 7.09. The Bertz CT molecular complexity index is 716. The van der Waals surface area contributed by atoms with Gasteiger partial charge in [0.25, 0.3) is 5.56 Å². The van der Waals surface area contributed by atoms with Crippen molar-refractivity contribution in [3.05, 3.63) is 50.3 Å². The molecule has 0 aromatic carbocycles. The van der Waals surface area contributed by atoms with Gasteiger partial charge in [0.15, 0.2) is 0 Å². The molecule has 2 aromatic heterocycles. The number of aryl methyl sites for hydroxylation is 2. The van der Waals surface area contributed by atoms with Gasteiger partial charge in [-0.3, -0.25) is 9.59 Å². The van der Waals surface area contributed by atoms with Gasteiger partial charge in [-0.25, -0.2) is 4.98 Å². The van der Waals surface area contributed by atoms with Crippen LogP contribution in [0.25, 0.3) is 0 Å². The Labute approximate surface area is 139 Å². The largest absolute Gasteiger partial charge is 0.343 e. The Kier molecular flexibility index (Phi) is 4.91. The van der Waals surface area contributed by atoms with Crippen LogP contribution in [-0.2, 0) is 11.2 Å². The van der Waals surface area contributed by atoms with Crippen LogP contribution in [0.3, 0.4) is 0 Å². The lowest BCUT2D eigenvalue weighted by atomic mass is 9.93. The summed E-state index contributed by atoms with van der Waals surface area (Å²) in [5.41, 5.74) is 0.763. The maximum Gasteiger partial charge on any atom is 0.251 e. The predicted octanol–water partition coefficient (Wildman–Crippen LogP) is 2.48. The number of aromatic nitrogens is 2. The van der Waals surface area contributed by atoms with E-state index in [9.17, 15) is 9.59 Å². The summed E-state index contributed by atoms with van der Waals surface area (Å²) in [4.78, 5) is 34.2. The monoisotopic (exact) mass is 331 g/mol. The van der Waals surface area contributed by atoms with E-state index in [4.69, 9.17) is 0 Å². The van der Waals surface area contributed by atoms with Crippen molar-refractivity contribution in [3.63, 3.8) is 0 Å². The number of nitrogens with one attached hydrogen (secondary N) is 1. The van der Waals surface area contributed by atoms with Gasteiger partial charge in [-0.05, 0) is 37.6 Å². The van der Waals surface area contributed by atoms with E-state index in [1.54, 1.807) is 24.3 Å². The maximum absolute atomic E-state index is 12.3. The quantitative estimate of drug-likeness (QED) is 0.936. The van der Waals surface area contributed by atoms with E-state index in [0.29, 0.717) is 12.2 Å². The van der Waals surface area contributed by atoms with E-state index in [-0.39, 0.29) is 17.4 Å². The standard InChI is InChI=1S/C17H21N3O2S/c1-12-18-15(11-16(21)19-12)13-6-8-20(9-7-13)17(22)5-4-14-3-2-10-23-14/h2-3,10-11,13H,4-9H2,1H3,(H,18,19,21). The molecule has 5 nitrogen and oxygen atoms in total. The first-order valence-electron chi connectivity index (χ1n) is 8.00. The van der Waals surface area contributed by atoms with Crippen LogP contribution in [0.2, 0.25) is 0 Å². The average molecular weight is 331 g/mol. The van der Waals surface area contributed by atoms with Crippen molar-refractivity contribution in [2.75, 3.05) is 13.1 Å². The van der Waals surface area contributed by atoms with Crippen LogP contribution in [0.4, 0.5) is 0 Å². The van der Waals surface area contributed by atoms with E-state index >= 15 is 0 Å². The number of hydrogen-bond acceptors (Lipinski definition) is 4. The highest BCUT2D eigenvalue weighted by Gasteiger charge is 2.24. The number of carbonyl (C=O) groups excluding carboxylic acids is 1. The van der Waals surface area contributed by atoms with Gasteiger partial charge in [0, 0.05) is 36.4 Å². The van der Waals surface area contributed by atoms with E-state index in [2.05, 4.69) is 16.0 Å². The van der Waals surface area contributed by atoms with Gasteiger partial charge in [0.2, 0.25) is 5.91 Å². The second-order valence-electron chi connectivity index (χ2n) is 5.99. The number of H-pyrrole nitrogens is 1. The molecule has 1 aliphatic rings. The molecule has 0 bridgehead atoms. The van der Waals surface area contributed by atoms with Crippen molar-refractivity contribution in [2.45, 2.75) is 38.5 Å². The number of thiophene rings is 1. The van der Waals surface area contributed by atoms with Crippen LogP contribution in [0.5, 0.6) is 0 Å². The molecule has 23 heavy (non-hydrogen) atoms. The molecule has 1 saturated heterocycles. The first-order chi connectivity index (χ1) is 11.1. The van der Waals surface area contributed by atoms with Crippen molar-refractivity contribution in [3.8, 4) is 0 Å². The van der Waals surface area contributed by atoms with Crippen LogP contribution in [-0.4, -0.2) is 33.9 Å². The molecule has 122 valence electrons. The molecule has 0 atom stereocenters. The van der Waals surface area contributed by atoms with Gasteiger partial charge < -0.3 is 9.88 Å². The molecule has 1 fully saturated rings. The van der Waals surface area contributed by atoms with Crippen molar-refractivity contribution in [2.24, 2.45) is 0 Å². The SMILES string of the molecule is Cc1nc(C2CCN(C(=O)CCc3cccs3)CC2)cc(=O)[nH]1. The minimum Gasteiger partial charge on any atom is -0.343 e. The van der Waals surface area contributed by atoms with Crippen molar-refractivity contribution < 1.29 is 4.79 Å². The molecule has 0 saturated carbocycles. The Balaban J connectivity index is 1.53. The zero-order valence-electron chi connectivity index (χ0n) is 13.2. The van der Waals surface area contributed by atoms with E-state index in [1.165, 1.54) is 4.88 Å². The number of amides is 1. The van der Waals surface area contributed by atoms with Crippen LogP contribution >= 0.6 is 11.3 Å². The number of carbonyl (C=O) groups is 1. The van der Waals surface area contributed by atoms with E-state index in [1.807, 2.05) is 16.3 Å². The van der Waals surface area contributed by atoms with Gasteiger partial charge >= 0.3 is 0 Å². The second kappa shape index (κ2) is 7.08. The fourth-order valence-corrected chi connectivity index (χ4v) is 3.79. The summed E-state index contributed by atoms with van der Waals surface area (Å²) >= 11 is 1.70. The topological polar surface area (TPSA) is 66.1 Å². The molecule has 0 unspecified atom stereocenters. The number of aromatic amines is 1. The number of hydrogen-bond donors (Lipinski definition) is 1. The molecular formula is C17H21N3O2S. The summed E-state index contributed by atoms with van der Waals surface area (Å²) < 4.78 is 0. The Morgan fingerprint density at radius 1 is 1.43 bits per heavy atom. The van der Waals surface area contributed by atoms with Crippen molar-refractivity contribution in [1.82, 2.24) is 14.9 Å². The summed E-state index contributed by atoms with van der Waals surface area (Å²) in [5, 5.41) is 2.04. The zero-order valence-corrected chi connectivity index (χ0v) is 14.1. The fourth-order valence-electron chi connectivity index (χ4n) is 3.08. The molecular weight excluding hydrogens is 310 g/mol. The molecule has 3 heterocycles. The first-order valence-corrected chi connectivity index (χ1v) is 8.88. The molecule has 1 aliphatic heterocycles. The molecule has 0 spiro atoms. The van der Waals surface area contributed by atoms with Crippen LogP contribution in [0, 0.1) is 6.92 Å². The normalized spacial score (nSPS) is 15.8. The van der Waals surface area contributed by atoms with Gasteiger partial charge in [-0.2, -0.15) is 0 Å². The molecule has 3 rings (SSSR count). The Morgan fingerprint density at radius 2 is 2.22 bits per heavy atom. The zero-order chi connectivity index (χ0) is 16.2. The third-order valence-electron chi connectivity index (χ3n) is 4.31. The summed E-state index contributed by atoms with van der Waals surface area (Å²) in [7, 11) is 0. The van der Waals surface area contributed by atoms with Gasteiger partial charge in [0.1, 0.15) is 5.82 Å². The third kappa shape index (κ3) is 4.07. The molecule has 1 N–H and O–H groups in total. The summed E-state index contributed by atoms with van der Waals surface area (Å²) in [6, 6.07) is 5.68. The Morgan fingerprint density at radius 3 is 2.87 bits per heavy atom. The summed E-state index contributed by atoms with van der Waals surface area (Å²) in [5.74, 6) is 1.16. The molecule has 1 amide bonds. The fraction of sp³-hybridized carbons (Fsp3) is 0.471. The minimum absolute atomic E-state index is 0.0954. The number of nitrogens with zero attached hydrogens (tertiary/aromatic N) is 2. The molecule has 2 aromatic rings. The smallest absolute Gasteiger partial charge is 0.251 e. The van der Waals surface area contributed by atoms with Crippen LogP contribution in [0.1, 0.15) is 41.6 Å². The Hall–Kier alpha value is -1.95. The van der Waals surface area contributed by atoms with Gasteiger partial charge in [-0.15, -0.1) is 11.3 Å². The molecule has 0 radical (unpaired) electrons. The lowest BCUT2D eigenvalue weighted by Gasteiger charge is -2.31. The maximum atomic E-state index is 12.3. The molecule has 6 heteroatoms. The highest BCUT2D eigenvalue weighted by atomic mass is 32.1. The number of likely N-dealkylation sites (tertiary alicyclic amines) is 1. The van der Waals surface area contributed by atoms with Gasteiger partial charge in [-0.1, -0.05) is 6.07 Å². The van der Waals surface area contributed by atoms with Crippen molar-refractivity contribution in [1.29, 1.82) is 0 Å². The minimum atomic E-state index is -0.0954. The lowest BCUT2D eigenvalue weighted by Crippen LogP contribution is -2.38. The van der Waals surface area contributed by atoms with Crippen molar-refractivity contribution >= 4 is 17.2 Å². The highest BCUT2D eigenvalue weighted by Crippen LogP contribution is 2.26. The first kappa shape index (κ1) is 15.9. The van der Waals surface area contributed by atoms with Crippen LogP contribution < -0.4 is 5.56 Å². The summed E-state index contributed by atoms with van der Waals surface area (Å²) in [6.45, 7) is 3.30. The third-order valence-corrected chi connectivity index (χ3v) is 5.25. The van der Waals surface area contributed by atoms with Gasteiger partial charge in [0.05, 0.1) is 5.69 Å². The summed E-state index contributed by atoms with van der Waals surface area (Å²) in [6.07, 6.45) is 3.15. The predicted molar refractivity (Wildman–Crippen MR) is 90.8 cm³/mol. The second-order valence-corrected chi connectivity index (χ2v) is 7.02. The molecule has 0 aliphatic carbocycles. The van der Waals surface area contributed by atoms with E-state index < -0.39 is 0 Å². The van der Waals surface area contributed by atoms with Crippen LogP contribution in [0.15, 0.2) is 28.4 Å². The average Bonchev–Trinajstić information content (AvgIpc) is 3.05. The number of rotatable bonds is 4. The number of piperidine rings is 1. The lowest BCUT2D eigenvalue weighted by molar-refractivity contribution is -0.132.